The Bertz CT molecular complexity index is 959. The Kier molecular flexibility index (Phi) is 7.85. The van der Waals surface area contributed by atoms with E-state index in [1.54, 1.807) is 29.8 Å². The smallest absolute Gasteiger partial charge is 0.201 e. The number of thiazole rings is 1. The van der Waals surface area contributed by atoms with Crippen LogP contribution in [0.3, 0.4) is 0 Å². The molecule has 1 aromatic carbocycles. The number of hydrogen-bond donors (Lipinski definition) is 1. The predicted molar refractivity (Wildman–Crippen MR) is 135 cm³/mol. The van der Waals surface area contributed by atoms with Crippen LogP contribution in [0.25, 0.3) is 11.3 Å². The van der Waals surface area contributed by atoms with E-state index in [0.29, 0.717) is 5.05 Å². The first-order chi connectivity index (χ1) is 13.6. The third-order valence-electron chi connectivity index (χ3n) is 5.32. The van der Waals surface area contributed by atoms with E-state index in [2.05, 4.69) is 48.0 Å². The molecule has 4 rings (SSSR count). The maximum Gasteiger partial charge on any atom is 0.201 e. The van der Waals surface area contributed by atoms with Crippen LogP contribution in [-0.2, 0) is 4.74 Å². The molecule has 1 aliphatic rings. The molecule has 1 N–H and O–H groups in total. The van der Waals surface area contributed by atoms with E-state index in [4.69, 9.17) is 21.9 Å². The van der Waals surface area contributed by atoms with Crippen molar-refractivity contribution in [2.45, 2.75) is 44.9 Å². The standard InChI is InChI=1S/C22H24N2OS3.BrH/c1-14-18(12-20(28-14)21(26)25-2)19-13-27-22(24-19)23-17-10-8-16(9-11-17)15-6-4-3-5-7-15;/h8-13,15H,3-7H2,1-2H3,(H,23,24);1H. The minimum atomic E-state index is 0. The van der Waals surface area contributed by atoms with Crippen molar-refractivity contribution in [1.29, 1.82) is 0 Å². The molecule has 1 aliphatic carbocycles. The number of hydrogen-bond acceptors (Lipinski definition) is 6. The van der Waals surface area contributed by atoms with Gasteiger partial charge < -0.3 is 10.1 Å². The highest BCUT2D eigenvalue weighted by molar-refractivity contribution is 8.93. The van der Waals surface area contributed by atoms with Crippen molar-refractivity contribution in [3.63, 3.8) is 0 Å². The number of ether oxygens (including phenoxy) is 1. The van der Waals surface area contributed by atoms with Gasteiger partial charge in [-0.25, -0.2) is 4.98 Å². The van der Waals surface area contributed by atoms with Gasteiger partial charge >= 0.3 is 0 Å². The number of nitrogens with one attached hydrogen (secondary N) is 1. The molecule has 3 aromatic rings. The molecule has 0 unspecified atom stereocenters. The second-order valence-electron chi connectivity index (χ2n) is 7.19. The average molecular weight is 510 g/mol. The van der Waals surface area contributed by atoms with Crippen molar-refractivity contribution in [2.75, 3.05) is 12.4 Å². The summed E-state index contributed by atoms with van der Waals surface area (Å²) in [7, 11) is 1.61. The summed E-state index contributed by atoms with van der Waals surface area (Å²) >= 11 is 8.52. The number of benzene rings is 1. The van der Waals surface area contributed by atoms with Gasteiger partial charge in [0.2, 0.25) is 5.05 Å². The fourth-order valence-corrected chi connectivity index (χ4v) is 5.65. The van der Waals surface area contributed by atoms with Crippen molar-refractivity contribution in [2.24, 2.45) is 0 Å². The maximum absolute atomic E-state index is 5.25. The van der Waals surface area contributed by atoms with E-state index in [1.165, 1.54) is 42.5 Å². The predicted octanol–water partition coefficient (Wildman–Crippen LogP) is 7.87. The molecule has 1 fully saturated rings. The quantitative estimate of drug-likeness (QED) is 0.355. The van der Waals surface area contributed by atoms with Gasteiger partial charge in [0.15, 0.2) is 5.13 Å². The minimum absolute atomic E-state index is 0. The van der Waals surface area contributed by atoms with Crippen molar-refractivity contribution in [3.8, 4) is 11.3 Å². The fourth-order valence-electron chi connectivity index (χ4n) is 3.79. The Morgan fingerprint density at radius 2 is 1.90 bits per heavy atom. The summed E-state index contributed by atoms with van der Waals surface area (Å²) in [6.07, 6.45) is 6.79. The Morgan fingerprint density at radius 3 is 2.59 bits per heavy atom. The summed E-state index contributed by atoms with van der Waals surface area (Å²) in [6, 6.07) is 11.0. The molecule has 0 amide bonds. The number of halogens is 1. The Balaban J connectivity index is 0.00000240. The Labute approximate surface area is 196 Å². The van der Waals surface area contributed by atoms with Gasteiger partial charge in [0.1, 0.15) is 0 Å². The number of anilines is 2. The van der Waals surface area contributed by atoms with Crippen molar-refractivity contribution < 1.29 is 4.74 Å². The highest BCUT2D eigenvalue weighted by Crippen LogP contribution is 2.35. The van der Waals surface area contributed by atoms with Crippen LogP contribution in [0.15, 0.2) is 35.7 Å². The lowest BCUT2D eigenvalue weighted by Gasteiger charge is -2.22. The third kappa shape index (κ3) is 5.26. The number of thiocarbonyl (C=S) groups is 1. The summed E-state index contributed by atoms with van der Waals surface area (Å²) < 4.78 is 5.19. The van der Waals surface area contributed by atoms with Gasteiger partial charge in [-0.1, -0.05) is 31.4 Å². The van der Waals surface area contributed by atoms with Crippen LogP contribution in [0.5, 0.6) is 0 Å². The van der Waals surface area contributed by atoms with E-state index in [1.807, 2.05) is 0 Å². The fraction of sp³-hybridized carbons (Fsp3) is 0.364. The molecule has 2 aromatic heterocycles. The second kappa shape index (κ2) is 10.2. The monoisotopic (exact) mass is 508 g/mol. The van der Waals surface area contributed by atoms with Gasteiger partial charge in [-0.15, -0.1) is 39.7 Å². The topological polar surface area (TPSA) is 34.1 Å². The lowest BCUT2D eigenvalue weighted by atomic mass is 9.84. The maximum atomic E-state index is 5.25. The SMILES string of the molecule is Br.COC(=S)c1cc(-c2csc(Nc3ccc(C4CCCCC4)cc3)n2)c(C)s1. The lowest BCUT2D eigenvalue weighted by Crippen LogP contribution is -2.04. The number of methoxy groups -OCH3 is 1. The molecule has 0 aliphatic heterocycles. The number of nitrogens with zero attached hydrogens (tertiary/aromatic N) is 1. The first-order valence-corrected chi connectivity index (χ1v) is 11.8. The molecule has 7 heteroatoms. The van der Waals surface area contributed by atoms with E-state index in [-0.39, 0.29) is 17.0 Å². The van der Waals surface area contributed by atoms with Crippen LogP contribution in [0.1, 0.15) is 53.3 Å². The van der Waals surface area contributed by atoms with Crippen LogP contribution in [0, 0.1) is 6.92 Å². The van der Waals surface area contributed by atoms with E-state index < -0.39 is 0 Å². The van der Waals surface area contributed by atoms with Gasteiger partial charge in [0.05, 0.1) is 17.7 Å². The molecule has 1 saturated carbocycles. The van der Waals surface area contributed by atoms with Crippen LogP contribution < -0.4 is 5.32 Å². The van der Waals surface area contributed by atoms with Crippen molar-refractivity contribution in [3.05, 3.63) is 51.0 Å². The molecular weight excluding hydrogens is 484 g/mol. The van der Waals surface area contributed by atoms with Crippen LogP contribution in [0.4, 0.5) is 10.8 Å². The van der Waals surface area contributed by atoms with Crippen LogP contribution >= 0.6 is 51.9 Å². The normalized spacial score (nSPS) is 14.3. The summed E-state index contributed by atoms with van der Waals surface area (Å²) in [5.41, 5.74) is 4.66. The zero-order valence-corrected chi connectivity index (χ0v) is 20.7. The molecular formula is C22H25BrN2OS3. The summed E-state index contributed by atoms with van der Waals surface area (Å²) in [5.74, 6) is 0.739. The third-order valence-corrected chi connectivity index (χ3v) is 7.65. The zero-order valence-electron chi connectivity index (χ0n) is 16.6. The van der Waals surface area contributed by atoms with Crippen LogP contribution in [0.2, 0.25) is 0 Å². The van der Waals surface area contributed by atoms with Crippen LogP contribution in [-0.4, -0.2) is 17.1 Å². The molecule has 0 bridgehead atoms. The number of rotatable bonds is 5. The number of thiophene rings is 1. The largest absolute Gasteiger partial charge is 0.486 e. The first-order valence-electron chi connectivity index (χ1n) is 9.65. The van der Waals surface area contributed by atoms with E-state index in [0.717, 1.165) is 32.9 Å². The van der Waals surface area contributed by atoms with Gasteiger partial charge in [-0.05, 0) is 61.7 Å². The van der Waals surface area contributed by atoms with Gasteiger partial charge in [-0.2, -0.15) is 0 Å². The summed E-state index contributed by atoms with van der Waals surface area (Å²) in [5, 5.41) is 6.97. The van der Waals surface area contributed by atoms with Crippen molar-refractivity contribution in [1.82, 2.24) is 4.98 Å². The molecule has 2 heterocycles. The molecule has 0 atom stereocenters. The summed E-state index contributed by atoms with van der Waals surface area (Å²) in [6.45, 7) is 2.10. The van der Waals surface area contributed by atoms with Gasteiger partial charge in [-0.3, -0.25) is 0 Å². The molecule has 154 valence electrons. The zero-order chi connectivity index (χ0) is 19.5. The number of aromatic nitrogens is 1. The van der Waals surface area contributed by atoms with Gasteiger partial charge in [0, 0.05) is 21.5 Å². The average Bonchev–Trinajstić information content (AvgIpc) is 3.35. The highest BCUT2D eigenvalue weighted by Gasteiger charge is 2.16. The number of aryl methyl sites for hydroxylation is 1. The molecule has 3 nitrogen and oxygen atoms in total. The molecule has 29 heavy (non-hydrogen) atoms. The Hall–Kier alpha value is -1.28. The van der Waals surface area contributed by atoms with Crippen molar-refractivity contribution >= 4 is 67.7 Å². The second-order valence-corrected chi connectivity index (χ2v) is 9.68. The molecule has 0 spiro atoms. The van der Waals surface area contributed by atoms with Gasteiger partial charge in [0.25, 0.3) is 0 Å². The first kappa shape index (κ1) is 22.4. The molecule has 0 saturated heterocycles. The van der Waals surface area contributed by atoms with E-state index >= 15 is 0 Å². The summed E-state index contributed by atoms with van der Waals surface area (Å²) in [4.78, 5) is 6.95. The highest BCUT2D eigenvalue weighted by atomic mass is 79.9. The van der Waals surface area contributed by atoms with E-state index in [9.17, 15) is 0 Å². The molecule has 0 radical (unpaired) electrons. The Morgan fingerprint density at radius 1 is 1.17 bits per heavy atom. The lowest BCUT2D eigenvalue weighted by molar-refractivity contribution is 0.417. The minimum Gasteiger partial charge on any atom is -0.486 e.